The normalized spacial score (nSPS) is 14.2. The second-order valence-corrected chi connectivity index (χ2v) is 10.9. The van der Waals surface area contributed by atoms with Crippen LogP contribution in [0.2, 0.25) is 5.02 Å². The zero-order valence-electron chi connectivity index (χ0n) is 21.0. The molecule has 0 unspecified atom stereocenters. The third kappa shape index (κ3) is 7.82. The Labute approximate surface area is 226 Å². The highest BCUT2D eigenvalue weighted by atomic mass is 35.5. The molecule has 0 saturated carbocycles. The lowest BCUT2D eigenvalue weighted by atomic mass is 10.1. The van der Waals surface area contributed by atoms with Gasteiger partial charge in [0, 0.05) is 61.5 Å². The molecule has 2 heterocycles. The highest BCUT2D eigenvalue weighted by Gasteiger charge is 2.21. The van der Waals surface area contributed by atoms with Crippen LogP contribution in [-0.2, 0) is 17.8 Å². The molecule has 4 rings (SSSR count). The number of nitrogens with zero attached hydrogens (tertiary/aromatic N) is 2. The average Bonchev–Trinajstić information content (AvgIpc) is 2.92. The number of benzene rings is 2. The number of aliphatic hydroxyl groups excluding tert-OH is 1. The summed E-state index contributed by atoms with van der Waals surface area (Å²) in [7, 11) is 0. The number of H-pyrrole nitrogens is 1. The lowest BCUT2D eigenvalue weighted by Crippen LogP contribution is -2.36. The minimum atomic E-state index is -0.281. The summed E-state index contributed by atoms with van der Waals surface area (Å²) >= 11 is 7.81. The number of aromatic amines is 1. The molecule has 0 bridgehead atoms. The molecule has 3 aromatic rings. The van der Waals surface area contributed by atoms with Crippen molar-refractivity contribution in [3.8, 4) is 0 Å². The van der Waals surface area contributed by atoms with Crippen molar-refractivity contribution in [3.63, 3.8) is 0 Å². The summed E-state index contributed by atoms with van der Waals surface area (Å²) in [4.78, 5) is 34.4. The molecule has 9 heteroatoms. The molecule has 0 atom stereocenters. The number of nitrogens with one attached hydrogen (secondary N) is 1. The van der Waals surface area contributed by atoms with Gasteiger partial charge in [-0.15, -0.1) is 0 Å². The van der Waals surface area contributed by atoms with Crippen molar-refractivity contribution in [1.82, 2.24) is 14.8 Å². The van der Waals surface area contributed by atoms with E-state index in [4.69, 9.17) is 21.4 Å². The molecule has 0 aliphatic carbocycles. The summed E-state index contributed by atoms with van der Waals surface area (Å²) in [6.45, 7) is 5.02. The van der Waals surface area contributed by atoms with Gasteiger partial charge in [0.15, 0.2) is 0 Å². The summed E-state index contributed by atoms with van der Waals surface area (Å²) in [6, 6.07) is 13.3. The number of aromatic nitrogens is 1. The highest BCUT2D eigenvalue weighted by molar-refractivity contribution is 7.99. The van der Waals surface area contributed by atoms with Crippen molar-refractivity contribution in [1.29, 1.82) is 0 Å². The third-order valence-corrected chi connectivity index (χ3v) is 7.83. The third-order valence-electron chi connectivity index (χ3n) is 6.42. The van der Waals surface area contributed by atoms with E-state index in [1.54, 1.807) is 22.9 Å². The largest absolute Gasteiger partial charge is 0.396 e. The predicted octanol–water partition coefficient (Wildman–Crippen LogP) is 4.16. The topological polar surface area (TPSA) is 85.9 Å². The number of ether oxygens (including phenoxy) is 1. The number of rotatable bonds is 12. The van der Waals surface area contributed by atoms with Gasteiger partial charge in [-0.25, -0.2) is 0 Å². The maximum Gasteiger partial charge on any atom is 0.259 e. The number of carbonyl (C=O) groups excluding carboxylic acids is 1. The fourth-order valence-corrected chi connectivity index (χ4v) is 5.40. The number of thioether (sulfide) groups is 1. The van der Waals surface area contributed by atoms with Gasteiger partial charge in [0.05, 0.1) is 13.2 Å². The van der Waals surface area contributed by atoms with Gasteiger partial charge in [0.2, 0.25) is 5.43 Å². The Morgan fingerprint density at radius 1 is 1.08 bits per heavy atom. The monoisotopic (exact) mass is 543 g/mol. The summed E-state index contributed by atoms with van der Waals surface area (Å²) in [5, 5.41) is 10.1. The Morgan fingerprint density at radius 2 is 1.81 bits per heavy atom. The number of morpholine rings is 1. The van der Waals surface area contributed by atoms with E-state index in [-0.39, 0.29) is 23.5 Å². The molecule has 37 heavy (non-hydrogen) atoms. The smallest absolute Gasteiger partial charge is 0.259 e. The SMILES string of the molecule is O=C(c1c[nH]c2ccc(CN3CCOCC3)cc2c1=O)N(CCCSCCCO)Cc1ccc(Cl)cc1. The van der Waals surface area contributed by atoms with Crippen LogP contribution in [0.15, 0.2) is 53.5 Å². The molecule has 1 fully saturated rings. The first-order valence-electron chi connectivity index (χ1n) is 12.7. The van der Waals surface area contributed by atoms with E-state index in [0.717, 1.165) is 73.8 Å². The molecule has 1 saturated heterocycles. The van der Waals surface area contributed by atoms with Gasteiger partial charge in [0.25, 0.3) is 5.91 Å². The molecule has 7 nitrogen and oxygen atoms in total. The zero-order valence-corrected chi connectivity index (χ0v) is 22.5. The summed E-state index contributed by atoms with van der Waals surface area (Å²) in [5.41, 5.74) is 2.62. The van der Waals surface area contributed by atoms with Crippen molar-refractivity contribution in [3.05, 3.63) is 80.6 Å². The number of halogens is 1. The van der Waals surface area contributed by atoms with Crippen LogP contribution in [0.4, 0.5) is 0 Å². The number of amides is 1. The quantitative estimate of drug-likeness (QED) is 0.334. The molecule has 0 radical (unpaired) electrons. The van der Waals surface area contributed by atoms with Gasteiger partial charge in [-0.1, -0.05) is 29.8 Å². The van der Waals surface area contributed by atoms with Crippen LogP contribution in [0.5, 0.6) is 0 Å². The molecule has 2 N–H and O–H groups in total. The van der Waals surface area contributed by atoms with Crippen molar-refractivity contribution >= 4 is 40.2 Å². The second-order valence-electron chi connectivity index (χ2n) is 9.20. The fraction of sp³-hybridized carbons (Fsp3) is 0.429. The number of pyridine rings is 1. The number of fused-ring (bicyclic) bond motifs is 1. The fourth-order valence-electron chi connectivity index (χ4n) is 4.40. The Kier molecular flexibility index (Phi) is 10.5. The van der Waals surface area contributed by atoms with Crippen LogP contribution in [0.25, 0.3) is 10.9 Å². The van der Waals surface area contributed by atoms with E-state index in [2.05, 4.69) is 9.88 Å². The lowest BCUT2D eigenvalue weighted by Gasteiger charge is -2.26. The molecule has 1 aliphatic rings. The van der Waals surface area contributed by atoms with E-state index in [1.807, 2.05) is 42.5 Å². The maximum atomic E-state index is 13.7. The van der Waals surface area contributed by atoms with E-state index in [1.165, 1.54) is 0 Å². The first-order chi connectivity index (χ1) is 18.0. The van der Waals surface area contributed by atoms with Gasteiger partial charge in [-0.05, 0) is 59.7 Å². The minimum absolute atomic E-state index is 0.151. The zero-order chi connectivity index (χ0) is 26.0. The second kappa shape index (κ2) is 14.0. The molecular formula is C28H34ClN3O4S. The molecule has 198 valence electrons. The van der Waals surface area contributed by atoms with Crippen molar-refractivity contribution in [2.24, 2.45) is 0 Å². The van der Waals surface area contributed by atoms with Gasteiger partial charge in [-0.2, -0.15) is 11.8 Å². The first-order valence-corrected chi connectivity index (χ1v) is 14.2. The standard InChI is InChI=1S/C28H34ClN3O4S/c29-23-6-3-21(4-7-23)20-32(9-1-15-37-16-2-12-33)28(35)25-18-30-26-8-5-22(17-24(26)27(25)34)19-31-10-13-36-14-11-31/h3-8,17-18,33H,1-2,9-16,19-20H2,(H,30,34). The summed E-state index contributed by atoms with van der Waals surface area (Å²) in [5.74, 6) is 1.49. The lowest BCUT2D eigenvalue weighted by molar-refractivity contribution is 0.0342. The number of hydrogen-bond donors (Lipinski definition) is 2. The molecule has 2 aromatic carbocycles. The van der Waals surface area contributed by atoms with Crippen LogP contribution in [0.1, 0.15) is 34.3 Å². The van der Waals surface area contributed by atoms with E-state index < -0.39 is 0 Å². The van der Waals surface area contributed by atoms with Gasteiger partial charge in [0.1, 0.15) is 5.56 Å². The maximum absolute atomic E-state index is 13.7. The van der Waals surface area contributed by atoms with Crippen LogP contribution >= 0.6 is 23.4 Å². The summed E-state index contributed by atoms with van der Waals surface area (Å²) < 4.78 is 5.44. The van der Waals surface area contributed by atoms with Gasteiger partial charge >= 0.3 is 0 Å². The Balaban J connectivity index is 1.54. The van der Waals surface area contributed by atoms with Crippen LogP contribution < -0.4 is 5.43 Å². The predicted molar refractivity (Wildman–Crippen MR) is 151 cm³/mol. The van der Waals surface area contributed by atoms with Crippen molar-refractivity contribution in [2.45, 2.75) is 25.9 Å². The Hall–Kier alpha value is -2.36. The number of aliphatic hydroxyl groups is 1. The van der Waals surface area contributed by atoms with Gasteiger partial charge < -0.3 is 19.7 Å². The molecule has 1 aromatic heterocycles. The average molecular weight is 544 g/mol. The number of carbonyl (C=O) groups is 1. The first kappa shape index (κ1) is 27.7. The van der Waals surface area contributed by atoms with E-state index in [9.17, 15) is 9.59 Å². The van der Waals surface area contributed by atoms with Crippen LogP contribution in [0.3, 0.4) is 0 Å². The van der Waals surface area contributed by atoms with E-state index >= 15 is 0 Å². The minimum Gasteiger partial charge on any atom is -0.396 e. The van der Waals surface area contributed by atoms with Crippen molar-refractivity contribution < 1.29 is 14.6 Å². The Bertz CT molecular complexity index is 1230. The molecule has 1 aliphatic heterocycles. The van der Waals surface area contributed by atoms with Gasteiger partial charge in [-0.3, -0.25) is 14.5 Å². The highest BCUT2D eigenvalue weighted by Crippen LogP contribution is 2.17. The van der Waals surface area contributed by atoms with E-state index in [0.29, 0.717) is 23.5 Å². The number of hydrogen-bond acceptors (Lipinski definition) is 6. The van der Waals surface area contributed by atoms with Crippen molar-refractivity contribution in [2.75, 3.05) is 51.0 Å². The Morgan fingerprint density at radius 3 is 2.57 bits per heavy atom. The molecular weight excluding hydrogens is 510 g/mol. The molecule has 1 amide bonds. The van der Waals surface area contributed by atoms with Crippen LogP contribution in [0, 0.1) is 0 Å². The summed E-state index contributed by atoms with van der Waals surface area (Å²) in [6.07, 6.45) is 3.10. The van der Waals surface area contributed by atoms with Crippen LogP contribution in [-0.4, -0.2) is 76.8 Å². The molecule has 0 spiro atoms.